The Bertz CT molecular complexity index is 572. The van der Waals surface area contributed by atoms with E-state index in [0.717, 1.165) is 29.7 Å². The minimum Gasteiger partial charge on any atom is -0.366 e. The van der Waals surface area contributed by atoms with Gasteiger partial charge in [-0.3, -0.25) is 4.68 Å². The van der Waals surface area contributed by atoms with Gasteiger partial charge < -0.3 is 4.90 Å². The second-order valence-electron chi connectivity index (χ2n) is 5.03. The van der Waals surface area contributed by atoms with Gasteiger partial charge in [-0.1, -0.05) is 24.6 Å². The lowest BCUT2D eigenvalue weighted by Gasteiger charge is -2.23. The summed E-state index contributed by atoms with van der Waals surface area (Å²) in [5.74, 6) is 0. The van der Waals surface area contributed by atoms with Gasteiger partial charge in [-0.2, -0.15) is 5.10 Å². The smallest absolute Gasteiger partial charge is 0.0767 e. The summed E-state index contributed by atoms with van der Waals surface area (Å²) in [5.41, 5.74) is 4.90. The van der Waals surface area contributed by atoms with Crippen molar-refractivity contribution in [1.82, 2.24) is 9.78 Å². The Morgan fingerprint density at radius 3 is 2.35 bits per heavy atom. The molecule has 0 aliphatic carbocycles. The van der Waals surface area contributed by atoms with Crippen molar-refractivity contribution in [2.45, 2.75) is 33.7 Å². The lowest BCUT2D eigenvalue weighted by molar-refractivity contribution is 0.677. The Labute approximate surface area is 129 Å². The summed E-state index contributed by atoms with van der Waals surface area (Å²) in [6, 6.07) is 8.69. The van der Waals surface area contributed by atoms with E-state index in [9.17, 15) is 0 Å². The first kappa shape index (κ1) is 15.1. The number of hydrogen-bond acceptors (Lipinski definition) is 2. The molecular formula is C16H22BrN3. The number of benzene rings is 1. The number of aryl methyl sites for hydroxylation is 3. The van der Waals surface area contributed by atoms with Gasteiger partial charge in [-0.25, -0.2) is 0 Å². The third kappa shape index (κ3) is 3.06. The van der Waals surface area contributed by atoms with Crippen LogP contribution >= 0.6 is 15.9 Å². The first-order valence-corrected chi connectivity index (χ1v) is 7.88. The summed E-state index contributed by atoms with van der Waals surface area (Å²) in [6.45, 7) is 8.27. The molecule has 20 heavy (non-hydrogen) atoms. The Morgan fingerprint density at radius 2 is 1.85 bits per heavy atom. The van der Waals surface area contributed by atoms with Gasteiger partial charge >= 0.3 is 0 Å². The van der Waals surface area contributed by atoms with Crippen LogP contribution in [0, 0.1) is 6.92 Å². The maximum absolute atomic E-state index is 4.57. The van der Waals surface area contributed by atoms with Crippen molar-refractivity contribution in [3.8, 4) is 0 Å². The SMILES string of the molecule is CCc1nn(C)c(CN(CC)c2ccc(C)cc2)c1Br. The Balaban J connectivity index is 2.26. The molecule has 3 nitrogen and oxygen atoms in total. The van der Waals surface area contributed by atoms with Crippen LogP contribution in [0.3, 0.4) is 0 Å². The fourth-order valence-electron chi connectivity index (χ4n) is 2.31. The van der Waals surface area contributed by atoms with Crippen molar-refractivity contribution in [3.05, 3.63) is 45.7 Å². The average molecular weight is 336 g/mol. The molecule has 0 atom stereocenters. The average Bonchev–Trinajstić information content (AvgIpc) is 2.72. The molecule has 0 amide bonds. The highest BCUT2D eigenvalue weighted by Gasteiger charge is 2.15. The summed E-state index contributed by atoms with van der Waals surface area (Å²) < 4.78 is 3.13. The fraction of sp³-hybridized carbons (Fsp3) is 0.438. The van der Waals surface area contributed by atoms with Gasteiger partial charge in [0.25, 0.3) is 0 Å². The molecule has 4 heteroatoms. The molecule has 2 aromatic rings. The van der Waals surface area contributed by atoms with Crippen LogP contribution in [0.25, 0.3) is 0 Å². The van der Waals surface area contributed by atoms with Gasteiger partial charge in [0.05, 0.1) is 22.4 Å². The van der Waals surface area contributed by atoms with E-state index in [1.165, 1.54) is 16.9 Å². The van der Waals surface area contributed by atoms with Gasteiger partial charge in [0, 0.05) is 19.3 Å². The Morgan fingerprint density at radius 1 is 1.20 bits per heavy atom. The summed E-state index contributed by atoms with van der Waals surface area (Å²) in [5, 5.41) is 4.57. The van der Waals surface area contributed by atoms with Crippen LogP contribution in [0.5, 0.6) is 0 Å². The van der Waals surface area contributed by atoms with Crippen LogP contribution in [0.4, 0.5) is 5.69 Å². The van der Waals surface area contributed by atoms with E-state index in [1.54, 1.807) is 0 Å². The van der Waals surface area contributed by atoms with Gasteiger partial charge in [-0.05, 0) is 48.3 Å². The molecule has 0 saturated carbocycles. The first-order valence-electron chi connectivity index (χ1n) is 7.08. The molecule has 0 saturated heterocycles. The first-order chi connectivity index (χ1) is 9.56. The fourth-order valence-corrected chi connectivity index (χ4v) is 3.06. The lowest BCUT2D eigenvalue weighted by atomic mass is 10.2. The zero-order chi connectivity index (χ0) is 14.7. The number of halogens is 1. The predicted octanol–water partition coefficient (Wildman–Crippen LogP) is 4.08. The molecule has 0 aliphatic heterocycles. The molecule has 0 fully saturated rings. The van der Waals surface area contributed by atoms with E-state index in [4.69, 9.17) is 0 Å². The largest absolute Gasteiger partial charge is 0.366 e. The van der Waals surface area contributed by atoms with Crippen LogP contribution in [-0.4, -0.2) is 16.3 Å². The van der Waals surface area contributed by atoms with Crippen LogP contribution in [0.1, 0.15) is 30.8 Å². The minimum absolute atomic E-state index is 0.865. The molecule has 108 valence electrons. The number of nitrogens with zero attached hydrogens (tertiary/aromatic N) is 3. The zero-order valence-electron chi connectivity index (χ0n) is 12.7. The molecule has 0 unspecified atom stereocenters. The molecule has 2 rings (SSSR count). The highest BCUT2D eigenvalue weighted by Crippen LogP contribution is 2.25. The Kier molecular flexibility index (Phi) is 4.86. The predicted molar refractivity (Wildman–Crippen MR) is 88.2 cm³/mol. The van der Waals surface area contributed by atoms with Crippen molar-refractivity contribution in [2.75, 3.05) is 11.4 Å². The van der Waals surface area contributed by atoms with Crippen molar-refractivity contribution >= 4 is 21.6 Å². The number of hydrogen-bond donors (Lipinski definition) is 0. The lowest BCUT2D eigenvalue weighted by Crippen LogP contribution is -2.23. The highest BCUT2D eigenvalue weighted by atomic mass is 79.9. The maximum atomic E-state index is 4.57. The minimum atomic E-state index is 0.865. The number of aromatic nitrogens is 2. The van der Waals surface area contributed by atoms with E-state index in [-0.39, 0.29) is 0 Å². The summed E-state index contributed by atoms with van der Waals surface area (Å²) in [7, 11) is 2.02. The quantitative estimate of drug-likeness (QED) is 0.820. The van der Waals surface area contributed by atoms with Crippen LogP contribution in [-0.2, 0) is 20.0 Å². The summed E-state index contributed by atoms with van der Waals surface area (Å²) in [6.07, 6.45) is 0.949. The standard InChI is InChI=1S/C16H22BrN3/c1-5-14-16(17)15(19(4)18-14)11-20(6-2)13-9-7-12(3)8-10-13/h7-10H,5-6,11H2,1-4H3. The normalized spacial score (nSPS) is 10.8. The van der Waals surface area contributed by atoms with Gasteiger partial charge in [-0.15, -0.1) is 0 Å². The molecule has 1 heterocycles. The molecule has 0 aliphatic rings. The molecule has 0 spiro atoms. The number of anilines is 1. The Hall–Kier alpha value is -1.29. The third-order valence-corrected chi connectivity index (χ3v) is 4.54. The van der Waals surface area contributed by atoms with Gasteiger partial charge in [0.15, 0.2) is 0 Å². The van der Waals surface area contributed by atoms with E-state index in [2.05, 4.69) is 71.0 Å². The molecule has 1 aromatic carbocycles. The summed E-state index contributed by atoms with van der Waals surface area (Å²) in [4.78, 5) is 2.36. The van der Waals surface area contributed by atoms with Crippen LogP contribution in [0.15, 0.2) is 28.7 Å². The second kappa shape index (κ2) is 6.44. The van der Waals surface area contributed by atoms with Crippen LogP contribution < -0.4 is 4.90 Å². The van der Waals surface area contributed by atoms with Crippen molar-refractivity contribution in [1.29, 1.82) is 0 Å². The highest BCUT2D eigenvalue weighted by molar-refractivity contribution is 9.10. The number of rotatable bonds is 5. The van der Waals surface area contributed by atoms with E-state index in [1.807, 2.05) is 11.7 Å². The summed E-state index contributed by atoms with van der Waals surface area (Å²) >= 11 is 3.69. The monoisotopic (exact) mass is 335 g/mol. The van der Waals surface area contributed by atoms with E-state index < -0.39 is 0 Å². The van der Waals surface area contributed by atoms with Crippen molar-refractivity contribution in [3.63, 3.8) is 0 Å². The van der Waals surface area contributed by atoms with Crippen molar-refractivity contribution in [2.24, 2.45) is 7.05 Å². The molecule has 1 aromatic heterocycles. The molecule has 0 radical (unpaired) electrons. The third-order valence-electron chi connectivity index (χ3n) is 3.62. The molecular weight excluding hydrogens is 314 g/mol. The van der Waals surface area contributed by atoms with Crippen LogP contribution in [0.2, 0.25) is 0 Å². The molecule has 0 bridgehead atoms. The van der Waals surface area contributed by atoms with Gasteiger partial charge in [0.2, 0.25) is 0 Å². The van der Waals surface area contributed by atoms with E-state index >= 15 is 0 Å². The zero-order valence-corrected chi connectivity index (χ0v) is 14.2. The molecule has 0 N–H and O–H groups in total. The maximum Gasteiger partial charge on any atom is 0.0767 e. The second-order valence-corrected chi connectivity index (χ2v) is 5.83. The van der Waals surface area contributed by atoms with E-state index in [0.29, 0.717) is 0 Å². The topological polar surface area (TPSA) is 21.1 Å². The van der Waals surface area contributed by atoms with Gasteiger partial charge in [0.1, 0.15) is 0 Å². The van der Waals surface area contributed by atoms with Crippen molar-refractivity contribution < 1.29 is 0 Å².